The SMILES string of the molecule is Oc1c(-c2ccccc2)sc2[n+]1CCN2c1ccccc1. The molecule has 0 amide bonds. The monoisotopic (exact) mass is 295 g/mol. The van der Waals surface area contributed by atoms with Crippen LogP contribution < -0.4 is 9.47 Å². The number of anilines is 2. The first-order valence-electron chi connectivity index (χ1n) is 6.98. The van der Waals surface area contributed by atoms with Crippen LogP contribution in [0.1, 0.15) is 0 Å². The fraction of sp³-hybridized carbons (Fsp3) is 0.118. The van der Waals surface area contributed by atoms with Crippen molar-refractivity contribution in [2.24, 2.45) is 0 Å². The van der Waals surface area contributed by atoms with Gasteiger partial charge in [-0.25, -0.2) is 4.90 Å². The van der Waals surface area contributed by atoms with E-state index in [0.717, 1.165) is 28.7 Å². The van der Waals surface area contributed by atoms with E-state index in [2.05, 4.69) is 17.0 Å². The van der Waals surface area contributed by atoms with Crippen molar-refractivity contribution in [1.82, 2.24) is 0 Å². The average molecular weight is 295 g/mol. The maximum Gasteiger partial charge on any atom is 0.345 e. The predicted octanol–water partition coefficient (Wildman–Crippen LogP) is 3.56. The van der Waals surface area contributed by atoms with Crippen LogP contribution in [0.3, 0.4) is 0 Å². The second kappa shape index (κ2) is 4.90. The second-order valence-electron chi connectivity index (χ2n) is 5.04. The number of hydrogen-bond donors (Lipinski definition) is 1. The summed E-state index contributed by atoms with van der Waals surface area (Å²) in [5.41, 5.74) is 2.24. The van der Waals surface area contributed by atoms with Crippen molar-refractivity contribution < 1.29 is 9.67 Å². The first-order chi connectivity index (χ1) is 10.3. The predicted molar refractivity (Wildman–Crippen MR) is 85.1 cm³/mol. The fourth-order valence-electron chi connectivity index (χ4n) is 2.73. The van der Waals surface area contributed by atoms with Gasteiger partial charge < -0.3 is 5.11 Å². The van der Waals surface area contributed by atoms with Gasteiger partial charge in [0.15, 0.2) is 0 Å². The molecule has 0 aliphatic carbocycles. The molecule has 0 spiro atoms. The quantitative estimate of drug-likeness (QED) is 0.732. The normalized spacial score (nSPS) is 13.4. The molecule has 1 aliphatic rings. The summed E-state index contributed by atoms with van der Waals surface area (Å²) in [5, 5.41) is 11.6. The molecular formula is C17H15N2OS+. The van der Waals surface area contributed by atoms with Crippen LogP contribution in [0, 0.1) is 0 Å². The minimum absolute atomic E-state index is 0.375. The van der Waals surface area contributed by atoms with Crippen LogP contribution >= 0.6 is 11.3 Å². The third-order valence-corrected chi connectivity index (χ3v) is 5.01. The van der Waals surface area contributed by atoms with Crippen molar-refractivity contribution in [3.05, 3.63) is 60.7 Å². The first kappa shape index (κ1) is 12.4. The summed E-state index contributed by atoms with van der Waals surface area (Å²) >= 11 is 1.64. The third-order valence-electron chi connectivity index (χ3n) is 3.76. The number of para-hydroxylation sites is 1. The molecule has 0 atom stereocenters. The third kappa shape index (κ3) is 1.99. The van der Waals surface area contributed by atoms with Crippen LogP contribution in [-0.2, 0) is 6.54 Å². The Morgan fingerprint density at radius 1 is 0.952 bits per heavy atom. The van der Waals surface area contributed by atoms with Crippen molar-refractivity contribution >= 4 is 22.2 Å². The molecule has 4 rings (SSSR count). The van der Waals surface area contributed by atoms with Gasteiger partial charge in [0, 0.05) is 0 Å². The fourth-order valence-corrected chi connectivity index (χ4v) is 3.96. The average Bonchev–Trinajstić information content (AvgIpc) is 3.10. The van der Waals surface area contributed by atoms with Gasteiger partial charge in [0.25, 0.3) is 0 Å². The number of benzene rings is 2. The Balaban J connectivity index is 1.80. The molecule has 1 aliphatic heterocycles. The van der Waals surface area contributed by atoms with Crippen LogP contribution in [0.25, 0.3) is 10.4 Å². The minimum Gasteiger partial charge on any atom is -0.477 e. The Labute approximate surface area is 127 Å². The summed E-state index contributed by atoms with van der Waals surface area (Å²) in [7, 11) is 0. The second-order valence-corrected chi connectivity index (χ2v) is 6.02. The zero-order chi connectivity index (χ0) is 14.2. The largest absolute Gasteiger partial charge is 0.477 e. The van der Waals surface area contributed by atoms with Crippen LogP contribution in [0.15, 0.2) is 60.7 Å². The Bertz CT molecular complexity index is 768. The zero-order valence-electron chi connectivity index (χ0n) is 11.4. The molecule has 4 heteroatoms. The molecular weight excluding hydrogens is 280 g/mol. The van der Waals surface area contributed by atoms with Crippen molar-refractivity contribution in [2.45, 2.75) is 6.54 Å². The van der Waals surface area contributed by atoms with Crippen molar-refractivity contribution in [2.75, 3.05) is 11.4 Å². The van der Waals surface area contributed by atoms with E-state index in [1.165, 1.54) is 5.69 Å². The standard InChI is InChI=1S/C17H14N2OS/c20-16-15(13-7-3-1-4-8-13)21-17-18(11-12-19(16)17)14-9-5-2-6-10-14/h1-10H,11-12H2/p+1. The van der Waals surface area contributed by atoms with E-state index < -0.39 is 0 Å². The van der Waals surface area contributed by atoms with Crippen molar-refractivity contribution in [1.29, 1.82) is 0 Å². The number of fused-ring (bicyclic) bond motifs is 1. The van der Waals surface area contributed by atoms with E-state index in [-0.39, 0.29) is 0 Å². The maximum absolute atomic E-state index is 10.5. The summed E-state index contributed by atoms with van der Waals surface area (Å²) < 4.78 is 2.00. The summed E-state index contributed by atoms with van der Waals surface area (Å²) in [6.45, 7) is 1.72. The highest BCUT2D eigenvalue weighted by Crippen LogP contribution is 2.41. The van der Waals surface area contributed by atoms with Crippen molar-refractivity contribution in [3.63, 3.8) is 0 Å². The van der Waals surface area contributed by atoms with Crippen LogP contribution in [0.4, 0.5) is 10.8 Å². The van der Waals surface area contributed by atoms with Crippen LogP contribution in [-0.4, -0.2) is 11.7 Å². The van der Waals surface area contributed by atoms with E-state index in [1.54, 1.807) is 11.3 Å². The lowest BCUT2D eigenvalue weighted by Crippen LogP contribution is -2.28. The number of aromatic nitrogens is 1. The molecule has 0 saturated carbocycles. The topological polar surface area (TPSA) is 27.4 Å². The Hall–Kier alpha value is -2.33. The number of aromatic hydroxyl groups is 1. The summed E-state index contributed by atoms with van der Waals surface area (Å²) in [4.78, 5) is 3.20. The van der Waals surface area contributed by atoms with Gasteiger partial charge in [-0.2, -0.15) is 4.57 Å². The van der Waals surface area contributed by atoms with Gasteiger partial charge in [-0.05, 0) is 29.0 Å². The molecule has 1 aromatic heterocycles. The molecule has 1 N–H and O–H groups in total. The van der Waals surface area contributed by atoms with E-state index in [1.807, 2.05) is 53.1 Å². The highest BCUT2D eigenvalue weighted by atomic mass is 32.1. The highest BCUT2D eigenvalue weighted by molar-refractivity contribution is 7.18. The number of hydrogen-bond acceptors (Lipinski definition) is 3. The molecule has 2 aromatic carbocycles. The number of nitrogens with zero attached hydrogens (tertiary/aromatic N) is 2. The molecule has 3 nitrogen and oxygen atoms in total. The smallest absolute Gasteiger partial charge is 0.345 e. The van der Waals surface area contributed by atoms with Gasteiger partial charge in [0.05, 0.1) is 0 Å². The van der Waals surface area contributed by atoms with Gasteiger partial charge in [0.2, 0.25) is 0 Å². The Morgan fingerprint density at radius 3 is 2.33 bits per heavy atom. The summed E-state index contributed by atoms with van der Waals surface area (Å²) in [6, 6.07) is 20.4. The molecule has 0 fully saturated rings. The molecule has 3 aromatic rings. The van der Waals surface area contributed by atoms with Crippen LogP contribution in [0.2, 0.25) is 0 Å². The summed E-state index contributed by atoms with van der Waals surface area (Å²) in [6.07, 6.45) is 0. The lowest BCUT2D eigenvalue weighted by molar-refractivity contribution is -0.672. The highest BCUT2D eigenvalue weighted by Gasteiger charge is 2.36. The van der Waals surface area contributed by atoms with Gasteiger partial charge >= 0.3 is 11.0 Å². The molecule has 0 bridgehead atoms. The van der Waals surface area contributed by atoms with Gasteiger partial charge in [-0.15, -0.1) is 0 Å². The molecule has 0 radical (unpaired) electrons. The number of rotatable bonds is 2. The number of thiazole rings is 1. The Morgan fingerprint density at radius 2 is 1.62 bits per heavy atom. The van der Waals surface area contributed by atoms with Gasteiger partial charge in [0.1, 0.15) is 23.7 Å². The molecule has 0 unspecified atom stereocenters. The van der Waals surface area contributed by atoms with E-state index in [9.17, 15) is 5.11 Å². The lowest BCUT2D eigenvalue weighted by Gasteiger charge is -2.07. The molecule has 21 heavy (non-hydrogen) atoms. The molecule has 104 valence electrons. The van der Waals surface area contributed by atoms with E-state index in [0.29, 0.717) is 5.88 Å². The van der Waals surface area contributed by atoms with Crippen LogP contribution in [0.5, 0.6) is 5.88 Å². The zero-order valence-corrected chi connectivity index (χ0v) is 12.3. The van der Waals surface area contributed by atoms with E-state index >= 15 is 0 Å². The first-order valence-corrected chi connectivity index (χ1v) is 7.80. The molecule has 2 heterocycles. The van der Waals surface area contributed by atoms with Gasteiger partial charge in [-0.3, -0.25) is 0 Å². The molecule has 0 saturated heterocycles. The Kier molecular flexibility index (Phi) is 2.89. The lowest BCUT2D eigenvalue weighted by atomic mass is 10.2. The minimum atomic E-state index is 0.375. The maximum atomic E-state index is 10.5. The summed E-state index contributed by atoms with van der Waals surface area (Å²) in [5.74, 6) is 0.375. The van der Waals surface area contributed by atoms with Crippen molar-refractivity contribution in [3.8, 4) is 16.3 Å². The van der Waals surface area contributed by atoms with Gasteiger partial charge in [-0.1, -0.05) is 48.5 Å². The van der Waals surface area contributed by atoms with E-state index in [4.69, 9.17) is 0 Å².